The summed E-state index contributed by atoms with van der Waals surface area (Å²) >= 11 is 7.04. The number of amides is 1. The first-order valence-electron chi connectivity index (χ1n) is 8.27. The fraction of sp³-hybridized carbons (Fsp3) is 0.167. The normalized spacial score (nSPS) is 10.6. The molecular weight excluding hydrogens is 405 g/mol. The minimum absolute atomic E-state index is 0.121. The number of thioether (sulfide) groups is 1. The molecule has 0 bridgehead atoms. The summed E-state index contributed by atoms with van der Waals surface area (Å²) in [4.78, 5) is 11.9. The van der Waals surface area contributed by atoms with Crippen LogP contribution in [0.2, 0.25) is 5.02 Å². The molecule has 1 amide bonds. The van der Waals surface area contributed by atoms with E-state index in [1.807, 2.05) is 0 Å². The van der Waals surface area contributed by atoms with Crippen LogP contribution in [0.1, 0.15) is 0 Å². The number of hydrogen-bond donors (Lipinski definition) is 2. The summed E-state index contributed by atoms with van der Waals surface area (Å²) in [6.07, 6.45) is 0. The Morgan fingerprint density at radius 1 is 1.25 bits per heavy atom. The summed E-state index contributed by atoms with van der Waals surface area (Å²) in [6, 6.07) is 12.9. The maximum Gasteiger partial charge on any atom is 0.230 e. The van der Waals surface area contributed by atoms with Crippen molar-refractivity contribution in [1.29, 1.82) is 0 Å². The molecule has 28 heavy (non-hydrogen) atoms. The average molecular weight is 422 g/mol. The van der Waals surface area contributed by atoms with Gasteiger partial charge in [0.2, 0.25) is 11.1 Å². The van der Waals surface area contributed by atoms with Crippen LogP contribution in [0.25, 0.3) is 11.4 Å². The molecule has 0 unspecified atom stereocenters. The predicted octanol–water partition coefficient (Wildman–Crippen LogP) is 2.74. The van der Waals surface area contributed by atoms with Gasteiger partial charge < -0.3 is 15.9 Å². The van der Waals surface area contributed by atoms with Crippen LogP contribution in [-0.4, -0.2) is 39.7 Å². The van der Waals surface area contributed by atoms with Crippen molar-refractivity contribution in [3.05, 3.63) is 59.4 Å². The molecule has 146 valence electrons. The number of benzene rings is 2. The van der Waals surface area contributed by atoms with Gasteiger partial charge in [-0.2, -0.15) is 0 Å². The van der Waals surface area contributed by atoms with E-state index in [0.717, 1.165) is 5.56 Å². The van der Waals surface area contributed by atoms with Gasteiger partial charge in [-0.25, -0.2) is 9.07 Å². The van der Waals surface area contributed by atoms with Crippen molar-refractivity contribution in [3.8, 4) is 17.1 Å². The van der Waals surface area contributed by atoms with Crippen LogP contribution in [0, 0.1) is 5.82 Å². The molecule has 7 nitrogen and oxygen atoms in total. The van der Waals surface area contributed by atoms with Gasteiger partial charge in [-0.1, -0.05) is 29.4 Å². The highest BCUT2D eigenvalue weighted by molar-refractivity contribution is 7.99. The Labute approximate surface area is 170 Å². The molecule has 0 aliphatic carbocycles. The summed E-state index contributed by atoms with van der Waals surface area (Å²) in [5.41, 5.74) is 0.769. The Balaban J connectivity index is 1.44. The Morgan fingerprint density at radius 2 is 2.04 bits per heavy atom. The highest BCUT2D eigenvalue weighted by Gasteiger charge is 2.13. The lowest BCUT2D eigenvalue weighted by atomic mass is 10.2. The number of carbonyl (C=O) groups is 1. The molecule has 0 fully saturated rings. The van der Waals surface area contributed by atoms with Crippen LogP contribution in [-0.2, 0) is 4.79 Å². The smallest absolute Gasteiger partial charge is 0.230 e. The molecule has 3 aromatic rings. The number of halogens is 2. The Hall–Kier alpha value is -2.78. The first-order valence-corrected chi connectivity index (χ1v) is 9.63. The summed E-state index contributed by atoms with van der Waals surface area (Å²) in [7, 11) is 0. The molecule has 0 saturated carbocycles. The number of nitrogens with zero attached hydrogens (tertiary/aromatic N) is 3. The minimum Gasteiger partial charge on any atom is -0.492 e. The molecule has 0 radical (unpaired) electrons. The number of hydrogen-bond acceptors (Lipinski definition) is 6. The van der Waals surface area contributed by atoms with E-state index in [2.05, 4.69) is 15.5 Å². The lowest BCUT2D eigenvalue weighted by molar-refractivity contribution is -0.118. The minimum atomic E-state index is -0.373. The number of nitrogens with one attached hydrogen (secondary N) is 1. The van der Waals surface area contributed by atoms with Crippen molar-refractivity contribution in [2.75, 3.05) is 24.7 Å². The molecule has 0 aliphatic heterocycles. The summed E-state index contributed by atoms with van der Waals surface area (Å²) in [5.74, 6) is 6.44. The van der Waals surface area contributed by atoms with Crippen LogP contribution < -0.4 is 15.9 Å². The monoisotopic (exact) mass is 421 g/mol. The quantitative estimate of drug-likeness (QED) is 0.330. The molecule has 3 rings (SSSR count). The lowest BCUT2D eigenvalue weighted by Gasteiger charge is -2.08. The molecule has 10 heteroatoms. The standard InChI is InChI=1S/C18H17ClFN5O2S/c19-13-6-4-12(5-7-13)17-23-24-18(25(17)21)28-11-16(26)22-8-9-27-15-3-1-2-14(20)10-15/h1-7,10H,8-9,11,21H2,(H,22,26). The van der Waals surface area contributed by atoms with Crippen molar-refractivity contribution >= 4 is 29.3 Å². The molecule has 0 atom stereocenters. The molecule has 2 aromatic carbocycles. The van der Waals surface area contributed by atoms with E-state index in [0.29, 0.717) is 28.3 Å². The number of nitrogen functional groups attached to an aromatic ring is 1. The number of ether oxygens (including phenoxy) is 1. The maximum absolute atomic E-state index is 13.0. The van der Waals surface area contributed by atoms with Crippen LogP contribution in [0.5, 0.6) is 5.75 Å². The van der Waals surface area contributed by atoms with Crippen LogP contribution >= 0.6 is 23.4 Å². The van der Waals surface area contributed by atoms with Gasteiger partial charge in [0.1, 0.15) is 18.2 Å². The van der Waals surface area contributed by atoms with Crippen LogP contribution in [0.3, 0.4) is 0 Å². The van der Waals surface area contributed by atoms with E-state index in [-0.39, 0.29) is 24.1 Å². The van der Waals surface area contributed by atoms with Crippen molar-refractivity contribution < 1.29 is 13.9 Å². The molecule has 0 spiro atoms. The first kappa shape index (κ1) is 20.0. The third-order valence-electron chi connectivity index (χ3n) is 3.59. The Morgan fingerprint density at radius 3 is 2.79 bits per heavy atom. The van der Waals surface area contributed by atoms with Crippen molar-refractivity contribution in [1.82, 2.24) is 20.2 Å². The number of rotatable bonds is 8. The molecule has 0 saturated heterocycles. The van der Waals surface area contributed by atoms with Crippen molar-refractivity contribution in [3.63, 3.8) is 0 Å². The molecule has 3 N–H and O–H groups in total. The van der Waals surface area contributed by atoms with Gasteiger partial charge in [0.05, 0.1) is 12.3 Å². The van der Waals surface area contributed by atoms with Gasteiger partial charge >= 0.3 is 0 Å². The highest BCUT2D eigenvalue weighted by Crippen LogP contribution is 2.22. The summed E-state index contributed by atoms with van der Waals surface area (Å²) in [5, 5.41) is 11.8. The number of aromatic nitrogens is 3. The van der Waals surface area contributed by atoms with Gasteiger partial charge in [-0.05, 0) is 36.4 Å². The second kappa shape index (κ2) is 9.43. The van der Waals surface area contributed by atoms with E-state index in [9.17, 15) is 9.18 Å². The zero-order chi connectivity index (χ0) is 19.9. The third-order valence-corrected chi connectivity index (χ3v) is 4.78. The van der Waals surface area contributed by atoms with Crippen molar-refractivity contribution in [2.45, 2.75) is 5.16 Å². The Bertz CT molecular complexity index is 951. The SMILES string of the molecule is Nn1c(SCC(=O)NCCOc2cccc(F)c2)nnc1-c1ccc(Cl)cc1. The number of carbonyl (C=O) groups excluding carboxylic acids is 1. The summed E-state index contributed by atoms with van der Waals surface area (Å²) in [6.45, 7) is 0.523. The lowest BCUT2D eigenvalue weighted by Crippen LogP contribution is -2.29. The van der Waals surface area contributed by atoms with E-state index in [4.69, 9.17) is 22.2 Å². The molecule has 1 aromatic heterocycles. The fourth-order valence-electron chi connectivity index (χ4n) is 2.27. The maximum atomic E-state index is 13.0. The average Bonchev–Trinajstić information content (AvgIpc) is 3.05. The van der Waals surface area contributed by atoms with Crippen LogP contribution in [0.15, 0.2) is 53.7 Å². The van der Waals surface area contributed by atoms with Crippen molar-refractivity contribution in [2.24, 2.45) is 0 Å². The van der Waals surface area contributed by atoms with E-state index < -0.39 is 0 Å². The van der Waals surface area contributed by atoms with E-state index in [1.165, 1.54) is 28.6 Å². The number of nitrogens with two attached hydrogens (primary N) is 1. The first-order chi connectivity index (χ1) is 13.5. The van der Waals surface area contributed by atoms with E-state index in [1.54, 1.807) is 36.4 Å². The van der Waals surface area contributed by atoms with Gasteiger partial charge in [0.15, 0.2) is 5.82 Å². The fourth-order valence-corrected chi connectivity index (χ4v) is 3.08. The highest BCUT2D eigenvalue weighted by atomic mass is 35.5. The largest absolute Gasteiger partial charge is 0.492 e. The second-order valence-corrected chi connectivity index (χ2v) is 7.01. The van der Waals surface area contributed by atoms with Crippen LogP contribution in [0.4, 0.5) is 4.39 Å². The molecule has 1 heterocycles. The Kier molecular flexibility index (Phi) is 6.72. The van der Waals surface area contributed by atoms with Gasteiger partial charge in [-0.3, -0.25) is 4.79 Å². The second-order valence-electron chi connectivity index (χ2n) is 5.63. The third kappa shape index (κ3) is 5.37. The zero-order valence-electron chi connectivity index (χ0n) is 14.6. The summed E-state index contributed by atoms with van der Waals surface area (Å²) < 4.78 is 19.7. The molecule has 0 aliphatic rings. The topological polar surface area (TPSA) is 95.1 Å². The van der Waals surface area contributed by atoms with E-state index >= 15 is 0 Å². The van der Waals surface area contributed by atoms with Gasteiger partial charge in [-0.15, -0.1) is 10.2 Å². The zero-order valence-corrected chi connectivity index (χ0v) is 16.2. The predicted molar refractivity (Wildman–Crippen MR) is 106 cm³/mol. The van der Waals surface area contributed by atoms with Gasteiger partial charge in [0, 0.05) is 16.7 Å². The van der Waals surface area contributed by atoms with Gasteiger partial charge in [0.25, 0.3) is 0 Å². The molecular formula is C18H17ClFN5O2S.